The molecule has 2 aliphatic rings. The Morgan fingerprint density at radius 3 is 2.52 bits per heavy atom. The van der Waals surface area contributed by atoms with Crippen LogP contribution in [0.3, 0.4) is 0 Å². The molecule has 0 saturated heterocycles. The first-order valence-corrected chi connectivity index (χ1v) is 7.02. The maximum absolute atomic E-state index is 13.4. The highest BCUT2D eigenvalue weighted by molar-refractivity contribution is 5.85. The lowest BCUT2D eigenvalue weighted by molar-refractivity contribution is 0.228. The van der Waals surface area contributed by atoms with Gasteiger partial charge in [0.15, 0.2) is 5.82 Å². The van der Waals surface area contributed by atoms with Crippen molar-refractivity contribution in [2.75, 3.05) is 0 Å². The highest BCUT2D eigenvalue weighted by atomic mass is 35.5. The molecule has 0 amide bonds. The van der Waals surface area contributed by atoms with Crippen LogP contribution >= 0.6 is 12.4 Å². The first-order valence-electron chi connectivity index (χ1n) is 7.02. The quantitative estimate of drug-likeness (QED) is 0.946. The largest absolute Gasteiger partial charge is 0.338 e. The Morgan fingerprint density at radius 1 is 1.19 bits per heavy atom. The highest BCUT2D eigenvalue weighted by Crippen LogP contribution is 2.53. The van der Waals surface area contributed by atoms with E-state index in [1.807, 2.05) is 6.07 Å². The second kappa shape index (κ2) is 4.78. The molecule has 2 aromatic rings. The van der Waals surface area contributed by atoms with Gasteiger partial charge in [0.1, 0.15) is 5.82 Å². The number of benzene rings is 1. The van der Waals surface area contributed by atoms with Gasteiger partial charge in [-0.2, -0.15) is 4.98 Å². The third-order valence-corrected chi connectivity index (χ3v) is 4.65. The van der Waals surface area contributed by atoms with Crippen LogP contribution in [0.4, 0.5) is 4.39 Å². The molecular formula is C15H17ClFN3O. The number of rotatable bonds is 3. The number of aromatic nitrogens is 2. The molecule has 0 unspecified atom stereocenters. The van der Waals surface area contributed by atoms with E-state index in [0.717, 1.165) is 37.7 Å². The number of nitrogens with two attached hydrogens (primary N) is 1. The minimum atomic E-state index is -0.417. The lowest BCUT2D eigenvalue weighted by Crippen LogP contribution is -2.44. The minimum absolute atomic E-state index is 0. The highest BCUT2D eigenvalue weighted by Gasteiger charge is 2.52. The molecule has 2 N–H and O–H groups in total. The summed E-state index contributed by atoms with van der Waals surface area (Å²) in [5, 5.41) is 4.06. The Bertz CT molecular complexity index is 664. The van der Waals surface area contributed by atoms with Crippen molar-refractivity contribution in [3.8, 4) is 0 Å². The molecule has 2 fully saturated rings. The zero-order valence-electron chi connectivity index (χ0n) is 11.5. The monoisotopic (exact) mass is 309 g/mol. The molecule has 1 aromatic carbocycles. The zero-order chi connectivity index (χ0) is 13.8. The maximum Gasteiger partial charge on any atom is 0.237 e. The fourth-order valence-corrected chi connectivity index (χ4v) is 2.94. The topological polar surface area (TPSA) is 64.9 Å². The predicted molar refractivity (Wildman–Crippen MR) is 77.7 cm³/mol. The Morgan fingerprint density at radius 2 is 1.95 bits per heavy atom. The van der Waals surface area contributed by atoms with E-state index < -0.39 is 5.54 Å². The van der Waals surface area contributed by atoms with Crippen molar-refractivity contribution in [2.24, 2.45) is 5.73 Å². The lowest BCUT2D eigenvalue weighted by Gasteiger charge is -2.34. The Kier molecular flexibility index (Phi) is 3.30. The molecule has 112 valence electrons. The van der Waals surface area contributed by atoms with Gasteiger partial charge in [-0.15, -0.1) is 12.4 Å². The van der Waals surface area contributed by atoms with E-state index in [1.165, 1.54) is 6.07 Å². The van der Waals surface area contributed by atoms with Gasteiger partial charge in [0.2, 0.25) is 5.89 Å². The second-order valence-corrected chi connectivity index (χ2v) is 6.03. The van der Waals surface area contributed by atoms with E-state index in [4.69, 9.17) is 10.3 Å². The first kappa shape index (κ1) is 14.5. The Hall–Kier alpha value is -1.46. The number of nitrogens with zero attached hydrogens (tertiary/aromatic N) is 2. The van der Waals surface area contributed by atoms with Gasteiger partial charge < -0.3 is 10.3 Å². The predicted octanol–water partition coefficient (Wildman–Crippen LogP) is 3.05. The average Bonchev–Trinajstić information content (AvgIpc) is 3.07. The summed E-state index contributed by atoms with van der Waals surface area (Å²) >= 11 is 0. The summed E-state index contributed by atoms with van der Waals surface area (Å²) in [6, 6.07) is 6.64. The molecule has 4 rings (SSSR count). The molecule has 6 heteroatoms. The summed E-state index contributed by atoms with van der Waals surface area (Å²) in [7, 11) is 0. The van der Waals surface area contributed by atoms with Crippen molar-refractivity contribution in [3.63, 3.8) is 0 Å². The van der Waals surface area contributed by atoms with Gasteiger partial charge in [-0.3, -0.25) is 0 Å². The summed E-state index contributed by atoms with van der Waals surface area (Å²) in [5.41, 5.74) is 6.41. The summed E-state index contributed by atoms with van der Waals surface area (Å²) in [5.74, 6) is 0.944. The summed E-state index contributed by atoms with van der Waals surface area (Å²) in [6.07, 6.45) is 4.73. The van der Waals surface area contributed by atoms with Gasteiger partial charge in [0.05, 0.1) is 11.0 Å². The fourth-order valence-electron chi connectivity index (χ4n) is 2.94. The van der Waals surface area contributed by atoms with Gasteiger partial charge >= 0.3 is 0 Å². The Labute approximate surface area is 128 Å². The molecular weight excluding hydrogens is 293 g/mol. The van der Waals surface area contributed by atoms with Crippen molar-refractivity contribution >= 4 is 12.4 Å². The van der Waals surface area contributed by atoms with E-state index >= 15 is 0 Å². The zero-order valence-corrected chi connectivity index (χ0v) is 12.3. The van der Waals surface area contributed by atoms with Crippen LogP contribution in [0.2, 0.25) is 0 Å². The molecule has 2 saturated carbocycles. The minimum Gasteiger partial charge on any atom is -0.338 e. The molecule has 1 heterocycles. The van der Waals surface area contributed by atoms with E-state index in [9.17, 15) is 4.39 Å². The van der Waals surface area contributed by atoms with Crippen molar-refractivity contribution in [1.82, 2.24) is 10.1 Å². The van der Waals surface area contributed by atoms with Crippen LogP contribution in [0.15, 0.2) is 28.8 Å². The molecule has 0 bridgehead atoms. The smallest absolute Gasteiger partial charge is 0.237 e. The summed E-state index contributed by atoms with van der Waals surface area (Å²) in [4.78, 5) is 4.52. The maximum atomic E-state index is 13.4. The average molecular weight is 310 g/mol. The fraction of sp³-hybridized carbons (Fsp3) is 0.467. The van der Waals surface area contributed by atoms with Crippen LogP contribution < -0.4 is 5.73 Å². The van der Waals surface area contributed by atoms with E-state index in [-0.39, 0.29) is 23.6 Å². The van der Waals surface area contributed by atoms with Crippen LogP contribution in [0.25, 0.3) is 0 Å². The van der Waals surface area contributed by atoms with E-state index in [1.54, 1.807) is 12.1 Å². The van der Waals surface area contributed by atoms with E-state index in [0.29, 0.717) is 11.7 Å². The van der Waals surface area contributed by atoms with Gasteiger partial charge in [-0.1, -0.05) is 17.3 Å². The summed E-state index contributed by atoms with van der Waals surface area (Å²) in [6.45, 7) is 0. The molecule has 21 heavy (non-hydrogen) atoms. The molecule has 0 radical (unpaired) electrons. The second-order valence-electron chi connectivity index (χ2n) is 6.03. The Balaban J connectivity index is 0.00000132. The van der Waals surface area contributed by atoms with Crippen molar-refractivity contribution in [2.45, 2.75) is 43.1 Å². The van der Waals surface area contributed by atoms with Crippen LogP contribution in [0, 0.1) is 5.82 Å². The number of halogens is 2. The number of hydrogen-bond acceptors (Lipinski definition) is 4. The van der Waals surface area contributed by atoms with Crippen LogP contribution in [0.1, 0.15) is 49.4 Å². The van der Waals surface area contributed by atoms with Crippen LogP contribution in [0.5, 0.6) is 0 Å². The molecule has 2 aliphatic carbocycles. The van der Waals surface area contributed by atoms with Gasteiger partial charge in [0.25, 0.3) is 0 Å². The molecule has 1 aromatic heterocycles. The first-order chi connectivity index (χ1) is 9.62. The van der Waals surface area contributed by atoms with Crippen molar-refractivity contribution in [1.29, 1.82) is 0 Å². The third-order valence-electron chi connectivity index (χ3n) is 4.65. The SMILES string of the molecule is Cl.NC1(c2noc(C3(c4cccc(F)c4)CC3)n2)CCC1. The van der Waals surface area contributed by atoms with Crippen molar-refractivity contribution in [3.05, 3.63) is 47.4 Å². The van der Waals surface area contributed by atoms with Gasteiger partial charge in [0, 0.05) is 0 Å². The molecule has 4 nitrogen and oxygen atoms in total. The molecule has 0 aliphatic heterocycles. The van der Waals surface area contributed by atoms with Gasteiger partial charge in [-0.05, 0) is 49.8 Å². The van der Waals surface area contributed by atoms with Crippen molar-refractivity contribution < 1.29 is 8.91 Å². The van der Waals surface area contributed by atoms with Gasteiger partial charge in [-0.25, -0.2) is 4.39 Å². The van der Waals surface area contributed by atoms with E-state index in [2.05, 4.69) is 10.1 Å². The standard InChI is InChI=1S/C15H16FN3O.ClH/c16-11-4-1-3-10(9-11)14(7-8-14)13-18-12(19-20-13)15(17)5-2-6-15;/h1,3-4,9H,2,5-8,17H2;1H. The molecule has 0 spiro atoms. The normalized spacial score (nSPS) is 21.2. The molecule has 0 atom stereocenters. The summed E-state index contributed by atoms with van der Waals surface area (Å²) < 4.78 is 18.9. The van der Waals surface area contributed by atoms with Crippen LogP contribution in [-0.4, -0.2) is 10.1 Å². The van der Waals surface area contributed by atoms with Crippen LogP contribution in [-0.2, 0) is 11.0 Å². The lowest BCUT2D eigenvalue weighted by atomic mass is 9.77. The third kappa shape index (κ3) is 2.15. The number of hydrogen-bond donors (Lipinski definition) is 1.